The van der Waals surface area contributed by atoms with Crippen molar-refractivity contribution in [1.82, 2.24) is 4.90 Å². The van der Waals surface area contributed by atoms with Gasteiger partial charge in [-0.25, -0.2) is 0 Å². The maximum atomic E-state index is 12.9. The highest BCUT2D eigenvalue weighted by Gasteiger charge is 2.35. The van der Waals surface area contributed by atoms with E-state index in [1.807, 2.05) is 0 Å². The van der Waals surface area contributed by atoms with Gasteiger partial charge >= 0.3 is 0 Å². The van der Waals surface area contributed by atoms with Gasteiger partial charge in [-0.2, -0.15) is 0 Å². The summed E-state index contributed by atoms with van der Waals surface area (Å²) in [5.74, 6) is -0.0408. The summed E-state index contributed by atoms with van der Waals surface area (Å²) in [7, 11) is 1.47. The normalized spacial score (nSPS) is 14.3. The minimum atomic E-state index is -0.381. The van der Waals surface area contributed by atoms with Gasteiger partial charge in [0, 0.05) is 15.2 Å². The third kappa shape index (κ3) is 6.87. The molecule has 190 valence electrons. The Kier molecular flexibility index (Phi) is 8.81. The van der Waals surface area contributed by atoms with Crippen molar-refractivity contribution in [1.29, 1.82) is 0 Å². The van der Waals surface area contributed by atoms with Gasteiger partial charge in [0.05, 0.1) is 23.6 Å². The van der Waals surface area contributed by atoms with E-state index >= 15 is 0 Å². The van der Waals surface area contributed by atoms with E-state index in [4.69, 9.17) is 32.7 Å². The predicted octanol–water partition coefficient (Wildman–Crippen LogP) is 7.02. The van der Waals surface area contributed by atoms with Gasteiger partial charge in [-0.05, 0) is 87.4 Å². The monoisotopic (exact) mass is 620 g/mol. The van der Waals surface area contributed by atoms with Crippen LogP contribution in [0.15, 0.2) is 70.0 Å². The second kappa shape index (κ2) is 12.0. The molecule has 1 fully saturated rings. The van der Waals surface area contributed by atoms with Crippen LogP contribution in [0.5, 0.6) is 11.5 Å². The van der Waals surface area contributed by atoms with Gasteiger partial charge in [-0.15, -0.1) is 0 Å². The van der Waals surface area contributed by atoms with Crippen LogP contribution in [0, 0.1) is 0 Å². The van der Waals surface area contributed by atoms with Crippen LogP contribution in [0.1, 0.15) is 11.1 Å². The maximum Gasteiger partial charge on any atom is 0.293 e. The molecule has 0 aromatic heterocycles. The first kappa shape index (κ1) is 27.1. The summed E-state index contributed by atoms with van der Waals surface area (Å²) in [5, 5.41) is 3.41. The summed E-state index contributed by atoms with van der Waals surface area (Å²) >= 11 is 16.1. The molecule has 11 heteroatoms. The summed E-state index contributed by atoms with van der Waals surface area (Å²) in [6, 6.07) is 17.0. The number of imide groups is 1. The first-order valence-electron chi connectivity index (χ1n) is 10.8. The van der Waals surface area contributed by atoms with Gasteiger partial charge in [-0.1, -0.05) is 41.4 Å². The lowest BCUT2D eigenvalue weighted by Crippen LogP contribution is -2.27. The topological polar surface area (TPSA) is 84.9 Å². The van der Waals surface area contributed by atoms with Crippen molar-refractivity contribution in [3.63, 3.8) is 0 Å². The van der Waals surface area contributed by atoms with Crippen LogP contribution in [-0.4, -0.2) is 35.7 Å². The van der Waals surface area contributed by atoms with Gasteiger partial charge in [0.15, 0.2) is 18.1 Å². The number of nitrogens with one attached hydrogen (secondary N) is 1. The van der Waals surface area contributed by atoms with Crippen LogP contribution in [0.25, 0.3) is 6.08 Å². The molecule has 0 bridgehead atoms. The summed E-state index contributed by atoms with van der Waals surface area (Å²) < 4.78 is 11.7. The minimum Gasteiger partial charge on any atom is -0.493 e. The molecule has 3 aromatic rings. The number of amides is 3. The molecular formula is C26H19BrCl2N2O5S. The third-order valence-corrected chi connectivity index (χ3v) is 7.57. The van der Waals surface area contributed by atoms with E-state index in [0.717, 1.165) is 21.8 Å². The Morgan fingerprint density at radius 2 is 1.81 bits per heavy atom. The lowest BCUT2D eigenvalue weighted by Gasteiger charge is -2.13. The summed E-state index contributed by atoms with van der Waals surface area (Å²) in [4.78, 5) is 39.1. The van der Waals surface area contributed by atoms with Crippen LogP contribution < -0.4 is 14.8 Å². The number of rotatable bonds is 8. The molecule has 1 aliphatic rings. The molecule has 1 heterocycles. The Bertz CT molecular complexity index is 1400. The molecule has 0 spiro atoms. The highest BCUT2D eigenvalue weighted by atomic mass is 79.9. The zero-order valence-corrected chi connectivity index (χ0v) is 23.2. The number of hydrogen-bond acceptors (Lipinski definition) is 6. The SMILES string of the molecule is COc1cc(/C=C2/SC(=O)N(Cc3ccc(Cl)cc3)C2=O)ccc1OCC(=O)Nc1ccc(Br)c(Cl)c1. The van der Waals surface area contributed by atoms with Crippen molar-refractivity contribution < 1.29 is 23.9 Å². The van der Waals surface area contributed by atoms with Crippen LogP contribution >= 0.6 is 50.9 Å². The summed E-state index contributed by atoms with van der Waals surface area (Å²) in [6.07, 6.45) is 1.61. The lowest BCUT2D eigenvalue weighted by atomic mass is 10.1. The van der Waals surface area contributed by atoms with Crippen LogP contribution in [-0.2, 0) is 16.1 Å². The second-order valence-electron chi connectivity index (χ2n) is 7.77. The molecule has 1 saturated heterocycles. The van der Waals surface area contributed by atoms with E-state index in [1.54, 1.807) is 66.7 Å². The largest absolute Gasteiger partial charge is 0.493 e. The molecule has 1 aliphatic heterocycles. The Balaban J connectivity index is 1.41. The highest BCUT2D eigenvalue weighted by molar-refractivity contribution is 9.10. The van der Waals surface area contributed by atoms with E-state index in [0.29, 0.717) is 37.7 Å². The lowest BCUT2D eigenvalue weighted by molar-refractivity contribution is -0.123. The van der Waals surface area contributed by atoms with E-state index in [2.05, 4.69) is 21.2 Å². The van der Waals surface area contributed by atoms with Gasteiger partial charge in [0.2, 0.25) is 0 Å². The first-order chi connectivity index (χ1) is 17.7. The maximum absolute atomic E-state index is 12.9. The molecular weight excluding hydrogens is 603 g/mol. The average Bonchev–Trinajstić information content (AvgIpc) is 3.13. The number of hydrogen-bond donors (Lipinski definition) is 1. The minimum absolute atomic E-state index is 0.157. The van der Waals surface area contributed by atoms with Crippen molar-refractivity contribution in [3.8, 4) is 11.5 Å². The van der Waals surface area contributed by atoms with E-state index in [-0.39, 0.29) is 30.2 Å². The number of ether oxygens (including phenoxy) is 2. The standard InChI is InChI=1S/C26H19BrCl2N2O5S/c1-35-22-10-16(4-9-21(22)36-14-24(32)30-18-7-8-19(27)20(29)12-18)11-23-25(33)31(26(34)37-23)13-15-2-5-17(28)6-3-15/h2-12H,13-14H2,1H3,(H,30,32)/b23-11+. The molecule has 0 unspecified atom stereocenters. The molecule has 3 amide bonds. The van der Waals surface area contributed by atoms with Crippen molar-refractivity contribution in [2.45, 2.75) is 6.54 Å². The van der Waals surface area contributed by atoms with Crippen LogP contribution in [0.4, 0.5) is 10.5 Å². The molecule has 1 N–H and O–H groups in total. The fourth-order valence-corrected chi connectivity index (χ4v) is 4.76. The number of methoxy groups -OCH3 is 1. The zero-order valence-electron chi connectivity index (χ0n) is 19.3. The number of halogens is 3. The molecule has 3 aromatic carbocycles. The molecule has 4 rings (SSSR count). The Morgan fingerprint density at radius 3 is 2.51 bits per heavy atom. The number of nitrogens with zero attached hydrogens (tertiary/aromatic N) is 1. The Morgan fingerprint density at radius 1 is 1.05 bits per heavy atom. The van der Waals surface area contributed by atoms with Gasteiger partial charge in [-0.3, -0.25) is 19.3 Å². The average molecular weight is 622 g/mol. The molecule has 0 saturated carbocycles. The quantitative estimate of drug-likeness (QED) is 0.272. The second-order valence-corrected chi connectivity index (χ2v) is 10.5. The number of carbonyl (C=O) groups is 3. The van der Waals surface area contributed by atoms with Gasteiger partial charge in [0.25, 0.3) is 17.1 Å². The number of thioether (sulfide) groups is 1. The summed E-state index contributed by atoms with van der Waals surface area (Å²) in [5.41, 5.74) is 1.97. The van der Waals surface area contributed by atoms with Crippen molar-refractivity contribution in [2.24, 2.45) is 0 Å². The van der Waals surface area contributed by atoms with Gasteiger partial charge in [0.1, 0.15) is 0 Å². The van der Waals surface area contributed by atoms with Crippen LogP contribution in [0.3, 0.4) is 0 Å². The summed E-state index contributed by atoms with van der Waals surface area (Å²) in [6.45, 7) is -0.100. The number of carbonyl (C=O) groups excluding carboxylic acids is 3. The highest BCUT2D eigenvalue weighted by Crippen LogP contribution is 2.35. The molecule has 0 radical (unpaired) electrons. The predicted molar refractivity (Wildman–Crippen MR) is 149 cm³/mol. The third-order valence-electron chi connectivity index (χ3n) is 5.18. The zero-order chi connectivity index (χ0) is 26.5. The Hall–Kier alpha value is -2.98. The number of benzene rings is 3. The fraction of sp³-hybridized carbons (Fsp3) is 0.115. The van der Waals surface area contributed by atoms with E-state index in [9.17, 15) is 14.4 Å². The van der Waals surface area contributed by atoms with Gasteiger partial charge < -0.3 is 14.8 Å². The van der Waals surface area contributed by atoms with E-state index in [1.165, 1.54) is 12.0 Å². The molecule has 37 heavy (non-hydrogen) atoms. The number of anilines is 1. The van der Waals surface area contributed by atoms with Crippen molar-refractivity contribution in [2.75, 3.05) is 19.0 Å². The molecule has 0 aliphatic carbocycles. The fourth-order valence-electron chi connectivity index (χ4n) is 3.37. The molecule has 0 atom stereocenters. The Labute approximate surface area is 235 Å². The van der Waals surface area contributed by atoms with E-state index < -0.39 is 0 Å². The smallest absolute Gasteiger partial charge is 0.293 e. The first-order valence-corrected chi connectivity index (χ1v) is 13.2. The molecule has 7 nitrogen and oxygen atoms in total. The van der Waals surface area contributed by atoms with Crippen molar-refractivity contribution >= 4 is 79.7 Å². The van der Waals surface area contributed by atoms with Crippen molar-refractivity contribution in [3.05, 3.63) is 91.2 Å². The van der Waals surface area contributed by atoms with Crippen LogP contribution in [0.2, 0.25) is 10.0 Å².